The Hall–Kier alpha value is -1.87. The first-order valence-electron chi connectivity index (χ1n) is 6.70. The Balaban J connectivity index is 1.84. The maximum atomic E-state index is 10.4. The van der Waals surface area contributed by atoms with Crippen LogP contribution in [0.4, 0.5) is 5.82 Å². The first-order valence-corrected chi connectivity index (χ1v) is 6.70. The molecule has 2 aromatic rings. The van der Waals surface area contributed by atoms with E-state index < -0.39 is 6.10 Å². The van der Waals surface area contributed by atoms with E-state index in [2.05, 4.69) is 10.3 Å². The van der Waals surface area contributed by atoms with Gasteiger partial charge < -0.3 is 10.4 Å². The second kappa shape index (κ2) is 5.02. The monoisotopic (exact) mass is 254 g/mol. The zero-order valence-electron chi connectivity index (χ0n) is 11.0. The van der Waals surface area contributed by atoms with Crippen LogP contribution in [0, 0.1) is 6.92 Å². The molecule has 0 radical (unpaired) electrons. The fourth-order valence-electron chi connectivity index (χ4n) is 2.18. The van der Waals surface area contributed by atoms with E-state index in [4.69, 9.17) is 0 Å². The maximum absolute atomic E-state index is 10.4. The van der Waals surface area contributed by atoms with Crippen molar-refractivity contribution in [3.8, 4) is 0 Å². The summed E-state index contributed by atoms with van der Waals surface area (Å²) in [4.78, 5) is 4.40. The summed E-state index contributed by atoms with van der Waals surface area (Å²) in [5.41, 5.74) is 2.83. The third-order valence-electron chi connectivity index (χ3n) is 3.49. The van der Waals surface area contributed by atoms with E-state index in [9.17, 15) is 5.11 Å². The van der Waals surface area contributed by atoms with Gasteiger partial charge in [0, 0.05) is 17.8 Å². The molecule has 0 aliphatic heterocycles. The molecular weight excluding hydrogens is 236 g/mol. The van der Waals surface area contributed by atoms with Gasteiger partial charge in [-0.25, -0.2) is 4.98 Å². The van der Waals surface area contributed by atoms with Crippen LogP contribution in [0.2, 0.25) is 0 Å². The molecule has 19 heavy (non-hydrogen) atoms. The Morgan fingerprint density at radius 1 is 1.26 bits per heavy atom. The summed E-state index contributed by atoms with van der Waals surface area (Å²) >= 11 is 0. The second-order valence-electron chi connectivity index (χ2n) is 5.16. The number of hydrogen-bond acceptors (Lipinski definition) is 3. The van der Waals surface area contributed by atoms with E-state index in [1.54, 1.807) is 6.20 Å². The average molecular weight is 254 g/mol. The van der Waals surface area contributed by atoms with E-state index >= 15 is 0 Å². The number of aliphatic hydroxyl groups excluding tert-OH is 1. The minimum absolute atomic E-state index is 0.594. The normalized spacial score (nSPS) is 16.1. The number of aromatic nitrogens is 1. The van der Waals surface area contributed by atoms with Gasteiger partial charge in [0.2, 0.25) is 0 Å². The number of pyridine rings is 1. The minimum atomic E-state index is -0.608. The number of aryl methyl sites for hydroxylation is 1. The molecule has 3 nitrogen and oxygen atoms in total. The van der Waals surface area contributed by atoms with Crippen molar-refractivity contribution in [3.05, 3.63) is 59.3 Å². The molecule has 0 spiro atoms. The zero-order valence-corrected chi connectivity index (χ0v) is 11.0. The first-order chi connectivity index (χ1) is 9.24. The molecule has 1 aliphatic carbocycles. The van der Waals surface area contributed by atoms with E-state index in [0.717, 1.165) is 22.5 Å². The highest BCUT2D eigenvalue weighted by atomic mass is 16.3. The van der Waals surface area contributed by atoms with Crippen molar-refractivity contribution in [2.75, 3.05) is 5.32 Å². The van der Waals surface area contributed by atoms with Crippen LogP contribution in [0.25, 0.3) is 0 Å². The lowest BCUT2D eigenvalue weighted by atomic mass is 9.99. The minimum Gasteiger partial charge on any atom is -0.384 e. The molecular formula is C16H18N2O. The number of rotatable bonds is 4. The summed E-state index contributed by atoms with van der Waals surface area (Å²) < 4.78 is 0. The summed E-state index contributed by atoms with van der Waals surface area (Å²) in [5, 5.41) is 13.8. The van der Waals surface area contributed by atoms with Crippen LogP contribution in [0.1, 0.15) is 35.6 Å². The van der Waals surface area contributed by atoms with Gasteiger partial charge in [0.25, 0.3) is 0 Å². The van der Waals surface area contributed by atoms with Gasteiger partial charge in [0.15, 0.2) is 0 Å². The molecule has 0 amide bonds. The number of nitrogens with zero attached hydrogens (tertiary/aromatic N) is 1. The van der Waals surface area contributed by atoms with Crippen molar-refractivity contribution in [2.24, 2.45) is 0 Å². The molecule has 1 heterocycles. The van der Waals surface area contributed by atoms with Crippen molar-refractivity contribution in [1.82, 2.24) is 4.98 Å². The molecule has 1 aromatic carbocycles. The molecule has 3 rings (SSSR count). The summed E-state index contributed by atoms with van der Waals surface area (Å²) in [6.07, 6.45) is 3.63. The lowest BCUT2D eigenvalue weighted by molar-refractivity contribution is 0.219. The van der Waals surface area contributed by atoms with E-state index in [-0.39, 0.29) is 0 Å². The Labute approximate surface area is 113 Å². The Morgan fingerprint density at radius 3 is 2.63 bits per heavy atom. The summed E-state index contributed by atoms with van der Waals surface area (Å²) in [7, 11) is 0. The van der Waals surface area contributed by atoms with Crippen LogP contribution in [0.5, 0.6) is 0 Å². The molecule has 98 valence electrons. The third kappa shape index (κ3) is 2.76. The highest BCUT2D eigenvalue weighted by molar-refractivity contribution is 5.44. The molecule has 0 unspecified atom stereocenters. The number of hydrogen-bond donors (Lipinski definition) is 2. The highest BCUT2D eigenvalue weighted by Gasteiger charge is 2.22. The number of anilines is 1. The van der Waals surface area contributed by atoms with Crippen molar-refractivity contribution in [2.45, 2.75) is 31.9 Å². The van der Waals surface area contributed by atoms with Gasteiger partial charge in [0.1, 0.15) is 11.9 Å². The Bertz CT molecular complexity index is 564. The Kier molecular flexibility index (Phi) is 3.22. The summed E-state index contributed by atoms with van der Waals surface area (Å²) in [5.74, 6) is 0.906. The van der Waals surface area contributed by atoms with Crippen molar-refractivity contribution in [1.29, 1.82) is 0 Å². The Morgan fingerprint density at radius 2 is 2.00 bits per heavy atom. The topological polar surface area (TPSA) is 45.2 Å². The fraction of sp³-hybridized carbons (Fsp3) is 0.312. The number of aliphatic hydroxyl groups is 1. The van der Waals surface area contributed by atoms with Crippen LogP contribution in [0.3, 0.4) is 0 Å². The smallest absolute Gasteiger partial charge is 0.126 e. The second-order valence-corrected chi connectivity index (χ2v) is 5.16. The van der Waals surface area contributed by atoms with E-state index in [1.165, 1.54) is 12.8 Å². The molecule has 1 aromatic heterocycles. The van der Waals surface area contributed by atoms with E-state index in [1.807, 2.05) is 43.3 Å². The van der Waals surface area contributed by atoms with Crippen molar-refractivity contribution in [3.63, 3.8) is 0 Å². The fourth-order valence-corrected chi connectivity index (χ4v) is 2.18. The first kappa shape index (κ1) is 12.2. The molecule has 0 bridgehead atoms. The van der Waals surface area contributed by atoms with Gasteiger partial charge >= 0.3 is 0 Å². The lowest BCUT2D eigenvalue weighted by Gasteiger charge is -2.15. The molecule has 1 saturated carbocycles. The third-order valence-corrected chi connectivity index (χ3v) is 3.49. The van der Waals surface area contributed by atoms with Crippen molar-refractivity contribution < 1.29 is 5.11 Å². The van der Waals surface area contributed by atoms with Crippen molar-refractivity contribution >= 4 is 5.82 Å². The van der Waals surface area contributed by atoms with Crippen LogP contribution in [0.15, 0.2) is 42.6 Å². The van der Waals surface area contributed by atoms with Crippen LogP contribution < -0.4 is 5.32 Å². The van der Waals surface area contributed by atoms with Crippen LogP contribution >= 0.6 is 0 Å². The molecule has 3 heteroatoms. The maximum Gasteiger partial charge on any atom is 0.126 e. The molecule has 1 atom stereocenters. The quantitative estimate of drug-likeness (QED) is 0.881. The van der Waals surface area contributed by atoms with E-state index in [0.29, 0.717) is 6.04 Å². The van der Waals surface area contributed by atoms with Gasteiger partial charge in [0.05, 0.1) is 0 Å². The SMILES string of the molecule is Cc1cc(NC2CC2)ncc1[C@@H](O)c1ccccc1. The lowest BCUT2D eigenvalue weighted by Crippen LogP contribution is -2.07. The zero-order chi connectivity index (χ0) is 13.2. The molecule has 0 saturated heterocycles. The van der Waals surface area contributed by atoms with Gasteiger partial charge in [-0.1, -0.05) is 30.3 Å². The van der Waals surface area contributed by atoms with Crippen LogP contribution in [-0.4, -0.2) is 16.1 Å². The number of nitrogens with one attached hydrogen (secondary N) is 1. The van der Waals surface area contributed by atoms with Gasteiger partial charge in [-0.15, -0.1) is 0 Å². The van der Waals surface area contributed by atoms with Gasteiger partial charge in [-0.05, 0) is 37.0 Å². The standard InChI is InChI=1S/C16H18N2O/c1-11-9-15(18-13-7-8-13)17-10-14(11)16(19)12-5-3-2-4-6-12/h2-6,9-10,13,16,19H,7-8H2,1H3,(H,17,18)/t16-/m0/s1. The number of benzene rings is 1. The average Bonchev–Trinajstić information content (AvgIpc) is 3.23. The van der Waals surface area contributed by atoms with Crippen LogP contribution in [-0.2, 0) is 0 Å². The molecule has 1 aliphatic rings. The van der Waals surface area contributed by atoms with Gasteiger partial charge in [-0.3, -0.25) is 0 Å². The van der Waals surface area contributed by atoms with Gasteiger partial charge in [-0.2, -0.15) is 0 Å². The summed E-state index contributed by atoms with van der Waals surface area (Å²) in [6.45, 7) is 2.02. The molecule has 2 N–H and O–H groups in total. The highest BCUT2D eigenvalue weighted by Crippen LogP contribution is 2.27. The largest absolute Gasteiger partial charge is 0.384 e. The molecule has 1 fully saturated rings. The predicted octanol–water partition coefficient (Wildman–Crippen LogP) is 3.05. The predicted molar refractivity (Wildman–Crippen MR) is 76.1 cm³/mol. The summed E-state index contributed by atoms with van der Waals surface area (Å²) in [6, 6.07) is 12.3.